The molecule has 0 fully saturated rings. The minimum Gasteiger partial charge on any atom is -0.496 e. The second-order valence-electron chi connectivity index (χ2n) is 4.96. The van der Waals surface area contributed by atoms with Crippen LogP contribution < -0.4 is 4.74 Å². The molecule has 0 atom stereocenters. The quantitative estimate of drug-likeness (QED) is 0.849. The Labute approximate surface area is 124 Å². The highest BCUT2D eigenvalue weighted by molar-refractivity contribution is 6.30. The molecule has 2 rings (SSSR count). The van der Waals surface area contributed by atoms with Crippen molar-refractivity contribution in [2.75, 3.05) is 14.2 Å². The summed E-state index contributed by atoms with van der Waals surface area (Å²) in [4.78, 5) is 2.20. The molecule has 0 aliphatic heterocycles. The molecule has 0 aliphatic rings. The van der Waals surface area contributed by atoms with Crippen molar-refractivity contribution in [1.29, 1.82) is 0 Å². The lowest BCUT2D eigenvalue weighted by molar-refractivity contribution is 0.309. The van der Waals surface area contributed by atoms with Crippen LogP contribution >= 0.6 is 11.6 Å². The van der Waals surface area contributed by atoms with E-state index in [0.29, 0.717) is 5.15 Å². The molecule has 1 aromatic carbocycles. The van der Waals surface area contributed by atoms with Crippen LogP contribution in [0.15, 0.2) is 24.3 Å². The van der Waals surface area contributed by atoms with Gasteiger partial charge in [-0.25, -0.2) is 0 Å². The van der Waals surface area contributed by atoms with Crippen LogP contribution in [-0.2, 0) is 20.1 Å². The van der Waals surface area contributed by atoms with E-state index in [0.717, 1.165) is 35.7 Å². The van der Waals surface area contributed by atoms with Crippen molar-refractivity contribution in [3.63, 3.8) is 0 Å². The van der Waals surface area contributed by atoms with Crippen molar-refractivity contribution in [2.24, 2.45) is 7.05 Å². The average Bonchev–Trinajstić information content (AvgIpc) is 2.66. The van der Waals surface area contributed by atoms with Gasteiger partial charge in [-0.15, -0.1) is 0 Å². The number of rotatable bonds is 5. The van der Waals surface area contributed by atoms with Crippen LogP contribution in [0, 0.1) is 6.92 Å². The zero-order valence-electron chi connectivity index (χ0n) is 12.4. The third-order valence-corrected chi connectivity index (χ3v) is 3.80. The van der Waals surface area contributed by atoms with Crippen LogP contribution in [0.4, 0.5) is 0 Å². The molecule has 0 spiro atoms. The Kier molecular flexibility index (Phi) is 4.68. The predicted molar refractivity (Wildman–Crippen MR) is 81.1 cm³/mol. The number of hydrogen-bond acceptors (Lipinski definition) is 3. The van der Waals surface area contributed by atoms with Gasteiger partial charge < -0.3 is 4.74 Å². The van der Waals surface area contributed by atoms with E-state index in [2.05, 4.69) is 23.1 Å². The Bertz CT molecular complexity index is 595. The largest absolute Gasteiger partial charge is 0.496 e. The molecular formula is C15H20ClN3O. The maximum Gasteiger partial charge on any atom is 0.131 e. The summed E-state index contributed by atoms with van der Waals surface area (Å²) in [5.41, 5.74) is 3.21. The topological polar surface area (TPSA) is 30.3 Å². The van der Waals surface area contributed by atoms with Crippen LogP contribution in [0.5, 0.6) is 5.75 Å². The predicted octanol–water partition coefficient (Wildman–Crippen LogP) is 3.02. The smallest absolute Gasteiger partial charge is 0.131 e. The Morgan fingerprint density at radius 3 is 2.60 bits per heavy atom. The molecule has 0 bridgehead atoms. The number of nitrogens with zero attached hydrogens (tertiary/aromatic N) is 3. The molecule has 20 heavy (non-hydrogen) atoms. The maximum absolute atomic E-state index is 6.27. The van der Waals surface area contributed by atoms with Gasteiger partial charge in [0, 0.05) is 31.3 Å². The fourth-order valence-electron chi connectivity index (χ4n) is 2.30. The molecule has 2 aromatic rings. The van der Waals surface area contributed by atoms with Crippen LogP contribution in [0.2, 0.25) is 5.15 Å². The van der Waals surface area contributed by atoms with E-state index in [1.54, 1.807) is 11.8 Å². The van der Waals surface area contributed by atoms with Gasteiger partial charge in [0.1, 0.15) is 10.9 Å². The Balaban J connectivity index is 2.11. The van der Waals surface area contributed by atoms with Gasteiger partial charge in [0.2, 0.25) is 0 Å². The third kappa shape index (κ3) is 3.14. The fourth-order valence-corrected chi connectivity index (χ4v) is 2.54. The lowest BCUT2D eigenvalue weighted by atomic mass is 10.1. The van der Waals surface area contributed by atoms with Crippen LogP contribution in [0.3, 0.4) is 0 Å². The highest BCUT2D eigenvalue weighted by Crippen LogP contribution is 2.23. The van der Waals surface area contributed by atoms with Gasteiger partial charge in [0.05, 0.1) is 12.8 Å². The highest BCUT2D eigenvalue weighted by Gasteiger charge is 2.14. The summed E-state index contributed by atoms with van der Waals surface area (Å²) in [6, 6.07) is 8.05. The van der Waals surface area contributed by atoms with E-state index in [-0.39, 0.29) is 0 Å². The first-order valence-corrected chi connectivity index (χ1v) is 6.89. The normalized spacial score (nSPS) is 11.1. The van der Waals surface area contributed by atoms with Crippen LogP contribution in [0.1, 0.15) is 16.8 Å². The van der Waals surface area contributed by atoms with E-state index in [1.807, 2.05) is 32.2 Å². The number of methoxy groups -OCH3 is 1. The number of para-hydroxylation sites is 1. The molecule has 1 aromatic heterocycles. The Morgan fingerprint density at radius 2 is 2.00 bits per heavy atom. The van der Waals surface area contributed by atoms with Crippen molar-refractivity contribution in [3.8, 4) is 5.75 Å². The maximum atomic E-state index is 6.27. The summed E-state index contributed by atoms with van der Waals surface area (Å²) < 4.78 is 7.09. The number of aryl methyl sites for hydroxylation is 2. The van der Waals surface area contributed by atoms with Gasteiger partial charge in [-0.05, 0) is 20.0 Å². The lowest BCUT2D eigenvalue weighted by Crippen LogP contribution is -2.18. The molecule has 4 nitrogen and oxygen atoms in total. The van der Waals surface area contributed by atoms with E-state index in [4.69, 9.17) is 16.3 Å². The van der Waals surface area contributed by atoms with Gasteiger partial charge in [-0.3, -0.25) is 9.58 Å². The number of ether oxygens (including phenoxy) is 1. The lowest BCUT2D eigenvalue weighted by Gasteiger charge is -2.18. The van der Waals surface area contributed by atoms with Gasteiger partial charge >= 0.3 is 0 Å². The number of hydrogen-bond donors (Lipinski definition) is 0. The summed E-state index contributed by atoms with van der Waals surface area (Å²) in [5, 5.41) is 5.04. The highest BCUT2D eigenvalue weighted by atomic mass is 35.5. The molecule has 0 saturated heterocycles. The second-order valence-corrected chi connectivity index (χ2v) is 5.32. The van der Waals surface area contributed by atoms with Crippen molar-refractivity contribution >= 4 is 11.6 Å². The van der Waals surface area contributed by atoms with E-state index in [9.17, 15) is 0 Å². The number of halogens is 1. The number of aromatic nitrogens is 2. The SMILES string of the molecule is COc1ccccc1CN(C)Cc1c(C)nn(C)c1Cl. The molecule has 0 amide bonds. The third-order valence-electron chi connectivity index (χ3n) is 3.33. The van der Waals surface area contributed by atoms with Crippen molar-refractivity contribution in [3.05, 3.63) is 46.2 Å². The summed E-state index contributed by atoms with van der Waals surface area (Å²) >= 11 is 6.27. The molecule has 108 valence electrons. The molecule has 0 N–H and O–H groups in total. The Morgan fingerprint density at radius 1 is 1.30 bits per heavy atom. The zero-order valence-corrected chi connectivity index (χ0v) is 13.1. The average molecular weight is 294 g/mol. The summed E-state index contributed by atoms with van der Waals surface area (Å²) in [6.45, 7) is 3.55. The van der Waals surface area contributed by atoms with E-state index >= 15 is 0 Å². The Hall–Kier alpha value is -1.52. The first-order chi connectivity index (χ1) is 9.52. The molecule has 5 heteroatoms. The minimum atomic E-state index is 0.703. The van der Waals surface area contributed by atoms with Gasteiger partial charge in [-0.2, -0.15) is 5.10 Å². The number of benzene rings is 1. The van der Waals surface area contributed by atoms with E-state index in [1.165, 1.54) is 0 Å². The molecule has 1 heterocycles. The molecule has 0 unspecified atom stereocenters. The van der Waals surface area contributed by atoms with Crippen molar-refractivity contribution in [1.82, 2.24) is 14.7 Å². The monoisotopic (exact) mass is 293 g/mol. The molecule has 0 radical (unpaired) electrons. The first-order valence-electron chi connectivity index (χ1n) is 6.51. The van der Waals surface area contributed by atoms with Crippen LogP contribution in [-0.4, -0.2) is 28.8 Å². The summed E-state index contributed by atoms with van der Waals surface area (Å²) in [6.07, 6.45) is 0. The fraction of sp³-hybridized carbons (Fsp3) is 0.400. The standard InChI is InChI=1S/C15H20ClN3O/c1-11-13(15(16)19(3)17-11)10-18(2)9-12-7-5-6-8-14(12)20-4/h5-8H,9-10H2,1-4H3. The zero-order chi connectivity index (χ0) is 14.7. The van der Waals surface area contributed by atoms with Crippen molar-refractivity contribution in [2.45, 2.75) is 20.0 Å². The second kappa shape index (κ2) is 6.29. The van der Waals surface area contributed by atoms with Gasteiger partial charge in [0.25, 0.3) is 0 Å². The molecular weight excluding hydrogens is 274 g/mol. The summed E-state index contributed by atoms with van der Waals surface area (Å²) in [5.74, 6) is 0.911. The van der Waals surface area contributed by atoms with Crippen LogP contribution in [0.25, 0.3) is 0 Å². The first kappa shape index (κ1) is 14.9. The van der Waals surface area contributed by atoms with E-state index < -0.39 is 0 Å². The van der Waals surface area contributed by atoms with Gasteiger partial charge in [0.15, 0.2) is 0 Å². The minimum absolute atomic E-state index is 0.703. The van der Waals surface area contributed by atoms with Gasteiger partial charge in [-0.1, -0.05) is 29.8 Å². The molecule has 0 saturated carbocycles. The van der Waals surface area contributed by atoms with Crippen molar-refractivity contribution < 1.29 is 4.74 Å². The summed E-state index contributed by atoms with van der Waals surface area (Å²) in [7, 11) is 5.62. The molecule has 0 aliphatic carbocycles.